The SMILES string of the molecule is Cc1nc2ccc(C(N)CC3CCNCC3)cc2o1. The van der Waals surface area contributed by atoms with Crippen LogP contribution in [-0.2, 0) is 0 Å². The van der Waals surface area contributed by atoms with Crippen molar-refractivity contribution in [1.82, 2.24) is 10.3 Å². The molecule has 0 saturated carbocycles. The Morgan fingerprint density at radius 2 is 2.21 bits per heavy atom. The molecule has 4 nitrogen and oxygen atoms in total. The minimum atomic E-state index is 0.0953. The van der Waals surface area contributed by atoms with Crippen LogP contribution in [0.1, 0.15) is 36.8 Å². The molecule has 1 saturated heterocycles. The Hall–Kier alpha value is -1.39. The number of fused-ring (bicyclic) bond motifs is 1. The molecule has 102 valence electrons. The molecule has 0 spiro atoms. The lowest BCUT2D eigenvalue weighted by molar-refractivity contribution is 0.333. The Bertz CT molecular complexity index is 558. The highest BCUT2D eigenvalue weighted by Gasteiger charge is 2.18. The summed E-state index contributed by atoms with van der Waals surface area (Å²) >= 11 is 0. The molecule has 1 aromatic heterocycles. The summed E-state index contributed by atoms with van der Waals surface area (Å²) in [5, 5.41) is 3.39. The minimum absolute atomic E-state index is 0.0953. The Balaban J connectivity index is 1.74. The summed E-state index contributed by atoms with van der Waals surface area (Å²) in [4.78, 5) is 4.31. The quantitative estimate of drug-likeness (QED) is 0.889. The van der Waals surface area contributed by atoms with Crippen molar-refractivity contribution >= 4 is 11.1 Å². The molecule has 1 aromatic carbocycles. The second-order valence-electron chi connectivity index (χ2n) is 5.50. The van der Waals surface area contributed by atoms with Crippen molar-refractivity contribution in [3.05, 3.63) is 29.7 Å². The van der Waals surface area contributed by atoms with Gasteiger partial charge in [0.05, 0.1) is 0 Å². The number of piperidine rings is 1. The van der Waals surface area contributed by atoms with Gasteiger partial charge < -0.3 is 15.5 Å². The van der Waals surface area contributed by atoms with Crippen molar-refractivity contribution in [1.29, 1.82) is 0 Å². The van der Waals surface area contributed by atoms with E-state index in [4.69, 9.17) is 10.2 Å². The second-order valence-corrected chi connectivity index (χ2v) is 5.50. The van der Waals surface area contributed by atoms with Gasteiger partial charge in [-0.25, -0.2) is 4.98 Å². The molecule has 2 aromatic rings. The molecule has 19 heavy (non-hydrogen) atoms. The zero-order valence-electron chi connectivity index (χ0n) is 11.4. The molecule has 1 aliphatic heterocycles. The van der Waals surface area contributed by atoms with Gasteiger partial charge in [0.15, 0.2) is 11.5 Å². The van der Waals surface area contributed by atoms with Gasteiger partial charge in [-0.3, -0.25) is 0 Å². The van der Waals surface area contributed by atoms with Crippen LogP contribution >= 0.6 is 0 Å². The van der Waals surface area contributed by atoms with E-state index in [1.54, 1.807) is 0 Å². The van der Waals surface area contributed by atoms with E-state index in [0.717, 1.165) is 42.1 Å². The van der Waals surface area contributed by atoms with Gasteiger partial charge in [0.1, 0.15) is 5.52 Å². The fraction of sp³-hybridized carbons (Fsp3) is 0.533. The topological polar surface area (TPSA) is 64.1 Å². The number of aromatic nitrogens is 1. The number of aryl methyl sites for hydroxylation is 1. The standard InChI is InChI=1S/C15H21N3O/c1-10-18-14-3-2-12(9-15(14)19-10)13(16)8-11-4-6-17-7-5-11/h2-3,9,11,13,17H,4-8,16H2,1H3. The Morgan fingerprint density at radius 1 is 1.42 bits per heavy atom. The average Bonchev–Trinajstić information content (AvgIpc) is 2.78. The van der Waals surface area contributed by atoms with Crippen LogP contribution in [0.15, 0.2) is 22.6 Å². The molecule has 1 unspecified atom stereocenters. The van der Waals surface area contributed by atoms with Crippen molar-refractivity contribution < 1.29 is 4.42 Å². The minimum Gasteiger partial charge on any atom is -0.441 e. The van der Waals surface area contributed by atoms with Crippen molar-refractivity contribution in [2.45, 2.75) is 32.2 Å². The molecule has 0 bridgehead atoms. The van der Waals surface area contributed by atoms with Gasteiger partial charge in [0.25, 0.3) is 0 Å². The number of oxazole rings is 1. The fourth-order valence-electron chi connectivity index (χ4n) is 2.90. The maximum absolute atomic E-state index is 6.34. The fourth-order valence-corrected chi connectivity index (χ4v) is 2.90. The molecule has 4 heteroatoms. The van der Waals surface area contributed by atoms with E-state index < -0.39 is 0 Å². The van der Waals surface area contributed by atoms with E-state index in [1.165, 1.54) is 12.8 Å². The highest BCUT2D eigenvalue weighted by molar-refractivity contribution is 5.73. The van der Waals surface area contributed by atoms with E-state index in [0.29, 0.717) is 5.89 Å². The van der Waals surface area contributed by atoms with Gasteiger partial charge in [-0.1, -0.05) is 6.07 Å². The van der Waals surface area contributed by atoms with Gasteiger partial charge in [0.2, 0.25) is 0 Å². The first-order valence-electron chi connectivity index (χ1n) is 7.06. The smallest absolute Gasteiger partial charge is 0.192 e. The number of nitrogens with one attached hydrogen (secondary N) is 1. The lowest BCUT2D eigenvalue weighted by Crippen LogP contribution is -2.29. The van der Waals surface area contributed by atoms with Crippen LogP contribution in [-0.4, -0.2) is 18.1 Å². The third-order valence-electron chi connectivity index (χ3n) is 3.99. The van der Waals surface area contributed by atoms with E-state index in [1.807, 2.05) is 19.1 Å². The van der Waals surface area contributed by atoms with Gasteiger partial charge in [-0.15, -0.1) is 0 Å². The van der Waals surface area contributed by atoms with Gasteiger partial charge >= 0.3 is 0 Å². The predicted octanol–water partition coefficient (Wildman–Crippen LogP) is 2.53. The molecule has 0 amide bonds. The predicted molar refractivity (Wildman–Crippen MR) is 75.9 cm³/mol. The van der Waals surface area contributed by atoms with Crippen LogP contribution in [0.4, 0.5) is 0 Å². The molecule has 1 atom stereocenters. The van der Waals surface area contributed by atoms with Gasteiger partial charge in [-0.05, 0) is 56.0 Å². The zero-order valence-corrected chi connectivity index (χ0v) is 11.4. The zero-order chi connectivity index (χ0) is 13.2. The summed E-state index contributed by atoms with van der Waals surface area (Å²) in [6.07, 6.45) is 3.52. The first kappa shape index (κ1) is 12.6. The number of hydrogen-bond donors (Lipinski definition) is 2. The first-order chi connectivity index (χ1) is 9.22. The summed E-state index contributed by atoms with van der Waals surface area (Å²) in [5.74, 6) is 1.45. The Labute approximate surface area is 113 Å². The van der Waals surface area contributed by atoms with Crippen molar-refractivity contribution in [3.63, 3.8) is 0 Å². The average molecular weight is 259 g/mol. The summed E-state index contributed by atoms with van der Waals surface area (Å²) in [5.41, 5.74) is 9.25. The van der Waals surface area contributed by atoms with Crippen LogP contribution in [0.3, 0.4) is 0 Å². The number of nitrogens with zero attached hydrogens (tertiary/aromatic N) is 1. The summed E-state index contributed by atoms with van der Waals surface area (Å²) in [7, 11) is 0. The molecular formula is C15H21N3O. The second kappa shape index (κ2) is 5.31. The van der Waals surface area contributed by atoms with Gasteiger partial charge in [-0.2, -0.15) is 0 Å². The maximum atomic E-state index is 6.34. The van der Waals surface area contributed by atoms with Crippen LogP contribution < -0.4 is 11.1 Å². The third kappa shape index (κ3) is 2.80. The molecule has 0 radical (unpaired) electrons. The largest absolute Gasteiger partial charge is 0.441 e. The van der Waals surface area contributed by atoms with Crippen LogP contribution in [0.5, 0.6) is 0 Å². The summed E-state index contributed by atoms with van der Waals surface area (Å²) < 4.78 is 5.57. The highest BCUT2D eigenvalue weighted by atomic mass is 16.3. The maximum Gasteiger partial charge on any atom is 0.192 e. The molecule has 1 fully saturated rings. The van der Waals surface area contributed by atoms with Crippen LogP contribution in [0.25, 0.3) is 11.1 Å². The van der Waals surface area contributed by atoms with E-state index in [-0.39, 0.29) is 6.04 Å². The molecule has 0 aliphatic carbocycles. The van der Waals surface area contributed by atoms with E-state index >= 15 is 0 Å². The highest BCUT2D eigenvalue weighted by Crippen LogP contribution is 2.27. The monoisotopic (exact) mass is 259 g/mol. The lowest BCUT2D eigenvalue weighted by Gasteiger charge is -2.25. The number of hydrogen-bond acceptors (Lipinski definition) is 4. The van der Waals surface area contributed by atoms with Crippen molar-refractivity contribution in [2.75, 3.05) is 13.1 Å². The summed E-state index contributed by atoms with van der Waals surface area (Å²) in [6, 6.07) is 6.22. The molecule has 2 heterocycles. The lowest BCUT2D eigenvalue weighted by atomic mass is 9.89. The van der Waals surface area contributed by atoms with E-state index in [9.17, 15) is 0 Å². The third-order valence-corrected chi connectivity index (χ3v) is 3.99. The number of benzene rings is 1. The number of nitrogens with two attached hydrogens (primary N) is 1. The van der Waals surface area contributed by atoms with Crippen molar-refractivity contribution in [2.24, 2.45) is 11.7 Å². The molecule has 3 rings (SSSR count). The Morgan fingerprint density at radius 3 is 3.00 bits per heavy atom. The number of rotatable bonds is 3. The van der Waals surface area contributed by atoms with Crippen LogP contribution in [0, 0.1) is 12.8 Å². The van der Waals surface area contributed by atoms with E-state index in [2.05, 4.69) is 16.4 Å². The van der Waals surface area contributed by atoms with Crippen molar-refractivity contribution in [3.8, 4) is 0 Å². The Kier molecular flexibility index (Phi) is 3.53. The van der Waals surface area contributed by atoms with Gasteiger partial charge in [0, 0.05) is 13.0 Å². The molecule has 1 aliphatic rings. The molecular weight excluding hydrogens is 238 g/mol. The normalized spacial score (nSPS) is 18.8. The molecule has 3 N–H and O–H groups in total. The first-order valence-corrected chi connectivity index (χ1v) is 7.06. The summed E-state index contributed by atoms with van der Waals surface area (Å²) in [6.45, 7) is 4.12. The van der Waals surface area contributed by atoms with Crippen LogP contribution in [0.2, 0.25) is 0 Å².